The van der Waals surface area contributed by atoms with E-state index in [-0.39, 0.29) is 17.7 Å². The van der Waals surface area contributed by atoms with Gasteiger partial charge in [-0.2, -0.15) is 0 Å². The van der Waals surface area contributed by atoms with E-state index in [0.717, 1.165) is 29.7 Å². The van der Waals surface area contributed by atoms with E-state index in [9.17, 15) is 4.79 Å². The van der Waals surface area contributed by atoms with Crippen LogP contribution in [0, 0.1) is 13.5 Å². The number of aromatic nitrogens is 3. The quantitative estimate of drug-likeness (QED) is 0.811. The number of aryl methyl sites for hydroxylation is 1. The lowest BCUT2D eigenvalue weighted by Crippen LogP contribution is -2.26. The van der Waals surface area contributed by atoms with Gasteiger partial charge in [0.2, 0.25) is 0 Å². The first-order valence-electron chi connectivity index (χ1n) is 7.93. The van der Waals surface area contributed by atoms with Crippen molar-refractivity contribution in [3.63, 3.8) is 0 Å². The topological polar surface area (TPSA) is 64.6 Å². The number of carbonyl (C=O) groups is 1. The van der Waals surface area contributed by atoms with E-state index in [1.54, 1.807) is 22.0 Å². The molecule has 0 radical (unpaired) electrons. The average molecular weight is 323 g/mol. The Kier molecular flexibility index (Phi) is 3.27. The van der Waals surface area contributed by atoms with Gasteiger partial charge in [-0.05, 0) is 30.7 Å². The Morgan fingerprint density at radius 1 is 1.46 bits per heavy atom. The van der Waals surface area contributed by atoms with Gasteiger partial charge in [0.15, 0.2) is 0 Å². The maximum atomic E-state index is 12.2. The summed E-state index contributed by atoms with van der Waals surface area (Å²) < 4.78 is 7.08. The van der Waals surface area contributed by atoms with Crippen molar-refractivity contribution in [2.75, 3.05) is 11.4 Å². The monoisotopic (exact) mass is 323 g/mol. The Bertz CT molecular complexity index is 820. The number of hydrogen-bond acceptors (Lipinski definition) is 4. The van der Waals surface area contributed by atoms with Crippen molar-refractivity contribution in [3.8, 4) is 0 Å². The van der Waals surface area contributed by atoms with Gasteiger partial charge in [-0.3, -0.25) is 4.90 Å². The Labute approximate surface area is 139 Å². The van der Waals surface area contributed by atoms with Gasteiger partial charge >= 0.3 is 6.09 Å². The fourth-order valence-corrected chi connectivity index (χ4v) is 3.26. The summed E-state index contributed by atoms with van der Waals surface area (Å²) in [6.45, 7) is 10.4. The highest BCUT2D eigenvalue weighted by Gasteiger charge is 2.53. The lowest BCUT2D eigenvalue weighted by atomic mass is 9.99. The van der Waals surface area contributed by atoms with Gasteiger partial charge in [0, 0.05) is 30.3 Å². The zero-order valence-corrected chi connectivity index (χ0v) is 13.3. The van der Waals surface area contributed by atoms with Crippen LogP contribution in [0.1, 0.15) is 24.0 Å². The molecule has 0 N–H and O–H groups in total. The minimum absolute atomic E-state index is 0.253. The van der Waals surface area contributed by atoms with Crippen molar-refractivity contribution >= 4 is 11.8 Å². The molecule has 1 aliphatic heterocycles. The Morgan fingerprint density at radius 2 is 2.29 bits per heavy atom. The van der Waals surface area contributed by atoms with Crippen LogP contribution in [0.2, 0.25) is 0 Å². The summed E-state index contributed by atoms with van der Waals surface area (Å²) in [5.41, 5.74) is 2.61. The molecule has 2 heterocycles. The second-order valence-corrected chi connectivity index (χ2v) is 6.38. The molecule has 122 valence electrons. The molecule has 4 rings (SSSR count). The summed E-state index contributed by atoms with van der Waals surface area (Å²) in [6.07, 6.45) is 4.58. The minimum atomic E-state index is -0.349. The van der Waals surface area contributed by atoms with Crippen molar-refractivity contribution in [2.45, 2.75) is 38.0 Å². The highest BCUT2D eigenvalue weighted by atomic mass is 16.6. The van der Waals surface area contributed by atoms with Gasteiger partial charge in [-0.1, -0.05) is 5.21 Å². The smallest absolute Gasteiger partial charge is 0.414 e. The molecule has 7 nitrogen and oxygen atoms in total. The van der Waals surface area contributed by atoms with Gasteiger partial charge in [-0.25, -0.2) is 16.0 Å². The van der Waals surface area contributed by atoms with Crippen LogP contribution in [0.3, 0.4) is 0 Å². The molecule has 24 heavy (non-hydrogen) atoms. The number of benzene rings is 1. The van der Waals surface area contributed by atoms with Crippen molar-refractivity contribution in [3.05, 3.63) is 53.1 Å². The second kappa shape index (κ2) is 5.34. The third-order valence-corrected chi connectivity index (χ3v) is 4.70. The molecule has 1 aliphatic carbocycles. The van der Waals surface area contributed by atoms with E-state index in [4.69, 9.17) is 11.3 Å². The summed E-state index contributed by atoms with van der Waals surface area (Å²) >= 11 is 0. The first-order chi connectivity index (χ1) is 11.6. The van der Waals surface area contributed by atoms with Gasteiger partial charge < -0.3 is 9.58 Å². The first-order valence-corrected chi connectivity index (χ1v) is 7.93. The molecule has 1 atom stereocenters. The predicted octanol–water partition coefficient (Wildman–Crippen LogP) is 2.52. The fourth-order valence-electron chi connectivity index (χ4n) is 3.26. The number of anilines is 1. The number of amides is 1. The summed E-state index contributed by atoms with van der Waals surface area (Å²) in [7, 11) is 0. The zero-order valence-electron chi connectivity index (χ0n) is 13.3. The number of nitrogens with zero attached hydrogens (tertiary/aromatic N) is 5. The van der Waals surface area contributed by atoms with Crippen LogP contribution in [-0.2, 0) is 16.8 Å². The number of carbonyl (C=O) groups excluding carboxylic acids is 1. The number of hydrogen-bond donors (Lipinski definition) is 0. The lowest BCUT2D eigenvalue weighted by Gasteiger charge is -2.16. The predicted molar refractivity (Wildman–Crippen MR) is 86.3 cm³/mol. The molecule has 1 amide bonds. The van der Waals surface area contributed by atoms with Crippen molar-refractivity contribution in [1.82, 2.24) is 15.0 Å². The molecule has 2 fully saturated rings. The highest BCUT2D eigenvalue weighted by molar-refractivity contribution is 5.89. The summed E-state index contributed by atoms with van der Waals surface area (Å²) in [6, 6.07) is 5.86. The molecule has 1 saturated carbocycles. The third-order valence-electron chi connectivity index (χ3n) is 4.70. The average Bonchev–Trinajstić information content (AvgIpc) is 3.02. The molecule has 7 heteroatoms. The molecule has 0 bridgehead atoms. The molecule has 1 aromatic heterocycles. The van der Waals surface area contributed by atoms with Gasteiger partial charge in [0.1, 0.15) is 6.10 Å². The van der Waals surface area contributed by atoms with Gasteiger partial charge in [0.25, 0.3) is 5.54 Å². The number of cyclic esters (lactones) is 1. The number of rotatable bonds is 4. The molecule has 2 aliphatic rings. The van der Waals surface area contributed by atoms with E-state index in [1.165, 1.54) is 0 Å². The van der Waals surface area contributed by atoms with Gasteiger partial charge in [-0.15, -0.1) is 5.10 Å². The maximum Gasteiger partial charge on any atom is 0.414 e. The van der Waals surface area contributed by atoms with Crippen LogP contribution < -0.4 is 4.90 Å². The summed E-state index contributed by atoms with van der Waals surface area (Å²) in [5.74, 6) is 0. The molecule has 2 aromatic rings. The van der Waals surface area contributed by atoms with Crippen LogP contribution in [0.5, 0.6) is 0 Å². The third kappa shape index (κ3) is 2.40. The van der Waals surface area contributed by atoms with E-state index < -0.39 is 0 Å². The minimum Gasteiger partial charge on any atom is -0.442 e. The Hall–Kier alpha value is -2.88. The fraction of sp³-hybridized carbons (Fsp3) is 0.412. The Morgan fingerprint density at radius 3 is 2.92 bits per heavy atom. The number of ether oxygens (including phenoxy) is 1. The summed E-state index contributed by atoms with van der Waals surface area (Å²) in [5, 5.41) is 7.65. The van der Waals surface area contributed by atoms with E-state index >= 15 is 0 Å². The molecule has 0 spiro atoms. The lowest BCUT2D eigenvalue weighted by molar-refractivity contribution is 0.129. The Balaban J connectivity index is 1.53. The van der Waals surface area contributed by atoms with Crippen molar-refractivity contribution < 1.29 is 9.53 Å². The van der Waals surface area contributed by atoms with Crippen LogP contribution >= 0.6 is 0 Å². The standard InChI is InChI=1S/C17H17N5O2/c1-12-9-13(3-4-15(12)17(18-2)5-6-17)22-11-14(24-16(22)23)10-21-8-7-19-20-21/h3-4,7-9,14H,5-6,10-11H2,1H3/t14-/m0/s1. The maximum absolute atomic E-state index is 12.2. The molecule has 0 unspecified atom stereocenters. The van der Waals surface area contributed by atoms with Crippen LogP contribution in [0.15, 0.2) is 30.6 Å². The highest BCUT2D eigenvalue weighted by Crippen LogP contribution is 2.51. The van der Waals surface area contributed by atoms with Crippen molar-refractivity contribution in [1.29, 1.82) is 0 Å². The summed E-state index contributed by atoms with van der Waals surface area (Å²) in [4.78, 5) is 17.6. The largest absolute Gasteiger partial charge is 0.442 e. The second-order valence-electron chi connectivity index (χ2n) is 6.38. The SMILES string of the molecule is [C-]#[N+]C1(c2ccc(N3C[C@H](Cn4ccnn4)OC3=O)cc2C)CC1. The van der Waals surface area contributed by atoms with Crippen LogP contribution in [0.25, 0.3) is 4.85 Å². The van der Waals surface area contributed by atoms with Gasteiger partial charge in [0.05, 0.1) is 19.3 Å². The molecule has 1 aromatic carbocycles. The van der Waals surface area contributed by atoms with E-state index in [2.05, 4.69) is 15.2 Å². The molecular formula is C17H17N5O2. The van der Waals surface area contributed by atoms with E-state index in [0.29, 0.717) is 13.1 Å². The van der Waals surface area contributed by atoms with Crippen LogP contribution in [-0.4, -0.2) is 33.7 Å². The van der Waals surface area contributed by atoms with Crippen LogP contribution in [0.4, 0.5) is 10.5 Å². The normalized spacial score (nSPS) is 21.4. The van der Waals surface area contributed by atoms with Crippen molar-refractivity contribution in [2.24, 2.45) is 0 Å². The molecule has 1 saturated heterocycles. The first kappa shape index (κ1) is 14.7. The zero-order chi connectivity index (χ0) is 16.7. The van der Waals surface area contributed by atoms with E-state index in [1.807, 2.05) is 25.1 Å². The molecular weight excluding hydrogens is 306 g/mol.